The molecule has 19 heavy (non-hydrogen) atoms. The van der Waals surface area contributed by atoms with Gasteiger partial charge in [0.15, 0.2) is 0 Å². The molecular weight excluding hydrogens is 270 g/mol. The third-order valence-electron chi connectivity index (χ3n) is 2.72. The molecule has 0 radical (unpaired) electrons. The minimum absolute atomic E-state index is 0.00278. The summed E-state index contributed by atoms with van der Waals surface area (Å²) in [5, 5.41) is 15.5. The minimum atomic E-state index is -3.93. The zero-order valence-corrected chi connectivity index (χ0v) is 12.4. The second-order valence-electron chi connectivity index (χ2n) is 5.52. The van der Waals surface area contributed by atoms with Gasteiger partial charge in [-0.3, -0.25) is 9.89 Å². The van der Waals surface area contributed by atoms with Crippen molar-refractivity contribution in [2.45, 2.75) is 45.6 Å². The van der Waals surface area contributed by atoms with Crippen molar-refractivity contribution in [1.29, 1.82) is 0 Å². The first-order chi connectivity index (χ1) is 8.47. The highest BCUT2D eigenvalue weighted by molar-refractivity contribution is 7.89. The molecule has 1 rings (SSSR count). The van der Waals surface area contributed by atoms with E-state index < -0.39 is 27.4 Å². The Bertz CT molecular complexity index is 564. The van der Waals surface area contributed by atoms with Gasteiger partial charge in [-0.1, -0.05) is 20.8 Å². The number of H-pyrrole nitrogens is 1. The Morgan fingerprint density at radius 1 is 1.37 bits per heavy atom. The largest absolute Gasteiger partial charge is 0.480 e. The normalized spacial score (nSPS) is 14.4. The zero-order chi connectivity index (χ0) is 15.0. The lowest BCUT2D eigenvalue weighted by Crippen LogP contribution is -2.49. The number of aromatic nitrogens is 2. The number of carboxylic acids is 1. The fourth-order valence-corrected chi connectivity index (χ4v) is 3.51. The van der Waals surface area contributed by atoms with E-state index in [-0.39, 0.29) is 4.90 Å². The Morgan fingerprint density at radius 2 is 1.89 bits per heavy atom. The maximum Gasteiger partial charge on any atom is 0.322 e. The van der Waals surface area contributed by atoms with Gasteiger partial charge in [0.1, 0.15) is 10.9 Å². The molecule has 8 heteroatoms. The van der Waals surface area contributed by atoms with Gasteiger partial charge in [0.25, 0.3) is 0 Å². The van der Waals surface area contributed by atoms with Crippen molar-refractivity contribution in [2.75, 3.05) is 0 Å². The lowest BCUT2D eigenvalue weighted by Gasteiger charge is -2.27. The predicted octanol–water partition coefficient (Wildman–Crippen LogP) is 0.804. The van der Waals surface area contributed by atoms with Crippen LogP contribution in [0.2, 0.25) is 0 Å². The molecule has 1 unspecified atom stereocenters. The Morgan fingerprint density at radius 3 is 2.21 bits per heavy atom. The van der Waals surface area contributed by atoms with E-state index >= 15 is 0 Å². The number of aryl methyl sites for hydroxylation is 2. The second-order valence-corrected chi connectivity index (χ2v) is 7.17. The predicted molar refractivity (Wildman–Crippen MR) is 69.3 cm³/mol. The number of sulfonamides is 1. The van der Waals surface area contributed by atoms with Gasteiger partial charge in [0.05, 0.1) is 11.4 Å². The molecule has 7 nitrogen and oxygen atoms in total. The van der Waals surface area contributed by atoms with Gasteiger partial charge in [0.2, 0.25) is 10.0 Å². The highest BCUT2D eigenvalue weighted by Gasteiger charge is 2.36. The zero-order valence-electron chi connectivity index (χ0n) is 11.6. The van der Waals surface area contributed by atoms with E-state index in [1.54, 1.807) is 34.6 Å². The maximum atomic E-state index is 12.3. The molecule has 0 aliphatic heterocycles. The van der Waals surface area contributed by atoms with Crippen molar-refractivity contribution < 1.29 is 18.3 Å². The van der Waals surface area contributed by atoms with E-state index in [0.29, 0.717) is 11.4 Å². The summed E-state index contributed by atoms with van der Waals surface area (Å²) in [4.78, 5) is 11.2. The first-order valence-corrected chi connectivity index (χ1v) is 7.22. The topological polar surface area (TPSA) is 112 Å². The standard InChI is InChI=1S/C11H19N3O4S/c1-6-8(7(2)13-12-6)19(17,18)14-9(10(15)16)11(3,4)5/h9,14H,1-5H3,(H,12,13)(H,15,16). The summed E-state index contributed by atoms with van der Waals surface area (Å²) >= 11 is 0. The lowest BCUT2D eigenvalue weighted by atomic mass is 9.88. The Labute approximate surface area is 112 Å². The van der Waals surface area contributed by atoms with E-state index in [1.165, 1.54) is 0 Å². The molecule has 1 atom stereocenters. The summed E-state index contributed by atoms with van der Waals surface area (Å²) in [7, 11) is -3.93. The van der Waals surface area contributed by atoms with Crippen LogP contribution in [0, 0.1) is 19.3 Å². The summed E-state index contributed by atoms with van der Waals surface area (Å²) in [5.41, 5.74) is -0.0594. The van der Waals surface area contributed by atoms with E-state index in [1.807, 2.05) is 0 Å². The molecule has 3 N–H and O–H groups in total. The first kappa shape index (κ1) is 15.6. The molecule has 1 aromatic heterocycles. The fourth-order valence-electron chi connectivity index (χ4n) is 1.75. The van der Waals surface area contributed by atoms with Crippen LogP contribution in [0.1, 0.15) is 32.2 Å². The fraction of sp³-hybridized carbons (Fsp3) is 0.636. The molecule has 0 saturated carbocycles. The van der Waals surface area contributed by atoms with Gasteiger partial charge in [-0.05, 0) is 19.3 Å². The first-order valence-electron chi connectivity index (χ1n) is 5.73. The van der Waals surface area contributed by atoms with E-state index in [0.717, 1.165) is 0 Å². The minimum Gasteiger partial charge on any atom is -0.480 e. The number of carbonyl (C=O) groups is 1. The number of rotatable bonds is 4. The van der Waals surface area contributed by atoms with Gasteiger partial charge in [-0.25, -0.2) is 8.42 Å². The molecule has 0 saturated heterocycles. The summed E-state index contributed by atoms with van der Waals surface area (Å²) in [5.74, 6) is -1.21. The van der Waals surface area contributed by atoms with Gasteiger partial charge in [0, 0.05) is 0 Å². The number of hydrogen-bond acceptors (Lipinski definition) is 4. The van der Waals surface area contributed by atoms with Crippen LogP contribution >= 0.6 is 0 Å². The SMILES string of the molecule is Cc1n[nH]c(C)c1S(=O)(=O)NC(C(=O)O)C(C)(C)C. The van der Waals surface area contributed by atoms with Crippen molar-refractivity contribution in [2.24, 2.45) is 5.41 Å². The van der Waals surface area contributed by atoms with Crippen LogP contribution in [-0.4, -0.2) is 35.7 Å². The molecule has 0 aliphatic carbocycles. The third kappa shape index (κ3) is 3.32. The summed E-state index contributed by atoms with van der Waals surface area (Å²) in [6, 6.07) is -1.22. The van der Waals surface area contributed by atoms with Crippen LogP contribution in [-0.2, 0) is 14.8 Å². The Balaban J connectivity index is 3.20. The molecule has 0 aliphatic rings. The molecule has 1 aromatic rings. The Hall–Kier alpha value is -1.41. The smallest absolute Gasteiger partial charge is 0.322 e. The van der Waals surface area contributed by atoms with E-state index in [4.69, 9.17) is 5.11 Å². The quantitative estimate of drug-likeness (QED) is 0.759. The van der Waals surface area contributed by atoms with Gasteiger partial charge < -0.3 is 5.11 Å². The van der Waals surface area contributed by atoms with Gasteiger partial charge in [-0.2, -0.15) is 9.82 Å². The van der Waals surface area contributed by atoms with Crippen molar-refractivity contribution >= 4 is 16.0 Å². The highest BCUT2D eigenvalue weighted by Crippen LogP contribution is 2.23. The third-order valence-corrected chi connectivity index (χ3v) is 4.40. The number of hydrogen-bond donors (Lipinski definition) is 3. The maximum absolute atomic E-state index is 12.3. The van der Waals surface area contributed by atoms with Crippen molar-refractivity contribution in [3.05, 3.63) is 11.4 Å². The summed E-state index contributed by atoms with van der Waals surface area (Å²) in [6.45, 7) is 8.09. The van der Waals surface area contributed by atoms with E-state index in [9.17, 15) is 13.2 Å². The molecule has 1 heterocycles. The lowest BCUT2D eigenvalue weighted by molar-refractivity contribution is -0.141. The summed E-state index contributed by atoms with van der Waals surface area (Å²) in [6.07, 6.45) is 0. The van der Waals surface area contributed by atoms with Crippen LogP contribution in [0.3, 0.4) is 0 Å². The van der Waals surface area contributed by atoms with Crippen LogP contribution < -0.4 is 4.72 Å². The molecular formula is C11H19N3O4S. The number of aromatic amines is 1. The molecule has 0 fully saturated rings. The van der Waals surface area contributed by atoms with Gasteiger partial charge >= 0.3 is 5.97 Å². The van der Waals surface area contributed by atoms with Crippen molar-refractivity contribution in [1.82, 2.24) is 14.9 Å². The number of aliphatic carboxylic acids is 1. The van der Waals surface area contributed by atoms with Crippen molar-refractivity contribution in [3.63, 3.8) is 0 Å². The van der Waals surface area contributed by atoms with Crippen LogP contribution in [0.15, 0.2) is 4.90 Å². The second kappa shape index (κ2) is 4.93. The number of nitrogens with one attached hydrogen (secondary N) is 2. The molecule has 0 bridgehead atoms. The van der Waals surface area contributed by atoms with E-state index in [2.05, 4.69) is 14.9 Å². The van der Waals surface area contributed by atoms with Crippen LogP contribution in [0.5, 0.6) is 0 Å². The number of nitrogens with zero attached hydrogens (tertiary/aromatic N) is 1. The Kier molecular flexibility index (Phi) is 4.06. The summed E-state index contributed by atoms with van der Waals surface area (Å²) < 4.78 is 26.8. The average Bonchev–Trinajstić information content (AvgIpc) is 2.53. The number of carboxylic acid groups (broad SMARTS) is 1. The molecule has 0 spiro atoms. The van der Waals surface area contributed by atoms with Crippen LogP contribution in [0.4, 0.5) is 0 Å². The van der Waals surface area contributed by atoms with Crippen molar-refractivity contribution in [3.8, 4) is 0 Å². The van der Waals surface area contributed by atoms with Gasteiger partial charge in [-0.15, -0.1) is 0 Å². The molecule has 0 amide bonds. The molecule has 0 aromatic carbocycles. The highest BCUT2D eigenvalue weighted by atomic mass is 32.2. The average molecular weight is 289 g/mol. The monoisotopic (exact) mass is 289 g/mol. The van der Waals surface area contributed by atoms with Crippen LogP contribution in [0.25, 0.3) is 0 Å². The molecule has 108 valence electrons.